The summed E-state index contributed by atoms with van der Waals surface area (Å²) in [5, 5.41) is 5.48. The molecule has 0 unspecified atom stereocenters. The van der Waals surface area contributed by atoms with Crippen LogP contribution < -0.4 is 4.90 Å². The van der Waals surface area contributed by atoms with Crippen LogP contribution >= 0.6 is 0 Å². The Hall–Kier alpha value is -4.10. The van der Waals surface area contributed by atoms with Crippen molar-refractivity contribution in [3.05, 3.63) is 140 Å². The summed E-state index contributed by atoms with van der Waals surface area (Å²) in [5.41, 5.74) is 5.91. The summed E-state index contributed by atoms with van der Waals surface area (Å²) < 4.78 is 2.99. The SMILES string of the molecule is c1ccc(-c2cccc(N(c3ccccc3)c3ccc4c(ccc5c6ccccc6[se]c45)c3)c2)cc1. The third-order valence-corrected chi connectivity index (χ3v) is 9.39. The van der Waals surface area contributed by atoms with E-state index in [4.69, 9.17) is 0 Å². The van der Waals surface area contributed by atoms with Gasteiger partial charge in [0.15, 0.2) is 0 Å². The molecule has 0 N–H and O–H groups in total. The van der Waals surface area contributed by atoms with Gasteiger partial charge in [0.05, 0.1) is 0 Å². The van der Waals surface area contributed by atoms with E-state index in [1.165, 1.54) is 46.9 Å². The molecule has 2 heteroatoms. The van der Waals surface area contributed by atoms with Gasteiger partial charge in [-0.1, -0.05) is 6.07 Å². The minimum absolute atomic E-state index is 0.343. The molecule has 0 atom stereocenters. The fourth-order valence-electron chi connectivity index (χ4n) is 5.12. The van der Waals surface area contributed by atoms with E-state index in [0.717, 1.165) is 11.4 Å². The molecule has 7 rings (SSSR count). The third-order valence-electron chi connectivity index (χ3n) is 6.83. The fraction of sp³-hybridized carbons (Fsp3) is 0. The molecular formula is C34H23NSe. The Labute approximate surface area is 216 Å². The van der Waals surface area contributed by atoms with Crippen molar-refractivity contribution in [2.75, 3.05) is 4.90 Å². The van der Waals surface area contributed by atoms with Gasteiger partial charge in [-0.15, -0.1) is 0 Å². The van der Waals surface area contributed by atoms with E-state index in [-0.39, 0.29) is 0 Å². The molecule has 0 amide bonds. The van der Waals surface area contributed by atoms with Crippen molar-refractivity contribution in [2.45, 2.75) is 0 Å². The maximum absolute atomic E-state index is 2.36. The summed E-state index contributed by atoms with van der Waals surface area (Å²) in [4.78, 5) is 2.36. The van der Waals surface area contributed by atoms with E-state index in [1.54, 1.807) is 0 Å². The van der Waals surface area contributed by atoms with E-state index in [2.05, 4.69) is 144 Å². The average Bonchev–Trinajstić information content (AvgIpc) is 3.34. The topological polar surface area (TPSA) is 3.24 Å². The number of hydrogen-bond acceptors (Lipinski definition) is 1. The van der Waals surface area contributed by atoms with E-state index >= 15 is 0 Å². The van der Waals surface area contributed by atoms with Crippen LogP contribution in [0.15, 0.2) is 140 Å². The second-order valence-electron chi connectivity index (χ2n) is 9.03. The molecule has 0 saturated heterocycles. The van der Waals surface area contributed by atoms with Gasteiger partial charge in [0.25, 0.3) is 0 Å². The standard InChI is InChI=1S/C34H23NSe/c1-3-10-24(11-4-1)25-12-9-15-28(22-25)35(27-13-5-2-6-14-27)29-19-21-30-26(23-29)18-20-32-31-16-7-8-17-33(31)36-34(30)32/h1-23H. The van der Waals surface area contributed by atoms with Crippen molar-refractivity contribution >= 4 is 61.6 Å². The first-order valence-corrected chi connectivity index (χ1v) is 13.9. The Morgan fingerprint density at radius 1 is 0.417 bits per heavy atom. The molecule has 1 aromatic heterocycles. The molecular weight excluding hydrogens is 501 g/mol. The molecule has 170 valence electrons. The van der Waals surface area contributed by atoms with Crippen LogP contribution in [0.2, 0.25) is 0 Å². The van der Waals surface area contributed by atoms with E-state index < -0.39 is 0 Å². The van der Waals surface area contributed by atoms with Crippen molar-refractivity contribution in [1.82, 2.24) is 0 Å². The van der Waals surface area contributed by atoms with Crippen molar-refractivity contribution in [3.8, 4) is 11.1 Å². The Kier molecular flexibility index (Phi) is 5.21. The summed E-state index contributed by atoms with van der Waals surface area (Å²) in [5.74, 6) is 0. The zero-order chi connectivity index (χ0) is 23.9. The number of hydrogen-bond donors (Lipinski definition) is 0. The van der Waals surface area contributed by atoms with Gasteiger partial charge in [0.2, 0.25) is 0 Å². The van der Waals surface area contributed by atoms with Gasteiger partial charge in [0, 0.05) is 0 Å². The van der Waals surface area contributed by atoms with Crippen LogP contribution in [-0.2, 0) is 0 Å². The summed E-state index contributed by atoms with van der Waals surface area (Å²) in [6, 6.07) is 50.5. The number of fused-ring (bicyclic) bond motifs is 5. The molecule has 36 heavy (non-hydrogen) atoms. The Bertz CT molecular complexity index is 1830. The van der Waals surface area contributed by atoms with Gasteiger partial charge in [-0.3, -0.25) is 0 Å². The quantitative estimate of drug-likeness (QED) is 0.207. The van der Waals surface area contributed by atoms with Crippen molar-refractivity contribution in [2.24, 2.45) is 0 Å². The predicted molar refractivity (Wildman–Crippen MR) is 156 cm³/mol. The van der Waals surface area contributed by atoms with E-state index in [9.17, 15) is 0 Å². The fourth-order valence-corrected chi connectivity index (χ4v) is 7.72. The molecule has 1 nitrogen and oxygen atoms in total. The van der Waals surface area contributed by atoms with Crippen LogP contribution in [0.3, 0.4) is 0 Å². The molecule has 7 aromatic rings. The number of rotatable bonds is 4. The predicted octanol–water partition coefficient (Wildman–Crippen LogP) is 9.34. The number of para-hydroxylation sites is 1. The number of nitrogens with zero attached hydrogens (tertiary/aromatic N) is 1. The summed E-state index contributed by atoms with van der Waals surface area (Å²) >= 11 is 0.343. The van der Waals surface area contributed by atoms with Crippen molar-refractivity contribution in [3.63, 3.8) is 0 Å². The number of anilines is 3. The molecule has 0 aliphatic carbocycles. The molecule has 0 aliphatic rings. The maximum atomic E-state index is 2.36. The molecule has 0 fully saturated rings. The zero-order valence-corrected chi connectivity index (χ0v) is 21.3. The molecule has 0 saturated carbocycles. The Morgan fingerprint density at radius 3 is 1.94 bits per heavy atom. The Morgan fingerprint density at radius 2 is 1.08 bits per heavy atom. The molecule has 6 aromatic carbocycles. The monoisotopic (exact) mass is 525 g/mol. The summed E-state index contributed by atoms with van der Waals surface area (Å²) in [7, 11) is 0. The van der Waals surface area contributed by atoms with Gasteiger partial charge < -0.3 is 0 Å². The number of benzene rings is 6. The average molecular weight is 525 g/mol. The molecule has 0 radical (unpaired) electrons. The third kappa shape index (κ3) is 3.63. The molecule has 0 spiro atoms. The molecule has 0 bridgehead atoms. The van der Waals surface area contributed by atoms with Gasteiger partial charge in [-0.25, -0.2) is 0 Å². The van der Waals surface area contributed by atoms with Gasteiger partial charge >= 0.3 is 211 Å². The van der Waals surface area contributed by atoms with Gasteiger partial charge in [-0.05, 0) is 0 Å². The van der Waals surface area contributed by atoms with Crippen molar-refractivity contribution < 1.29 is 0 Å². The first kappa shape index (κ1) is 21.2. The first-order valence-electron chi connectivity index (χ1n) is 12.2. The first-order chi connectivity index (χ1) is 17.8. The van der Waals surface area contributed by atoms with Crippen LogP contribution in [0.1, 0.15) is 0 Å². The normalized spacial score (nSPS) is 11.3. The Balaban J connectivity index is 1.41. The van der Waals surface area contributed by atoms with Gasteiger partial charge in [0.1, 0.15) is 0 Å². The van der Waals surface area contributed by atoms with E-state index in [0.29, 0.717) is 14.5 Å². The van der Waals surface area contributed by atoms with Crippen LogP contribution in [0.5, 0.6) is 0 Å². The van der Waals surface area contributed by atoms with Crippen LogP contribution in [0.4, 0.5) is 17.1 Å². The minimum atomic E-state index is 0.343. The molecule has 1 heterocycles. The second kappa shape index (κ2) is 8.84. The van der Waals surface area contributed by atoms with Crippen molar-refractivity contribution in [1.29, 1.82) is 0 Å². The van der Waals surface area contributed by atoms with Crippen LogP contribution in [-0.4, -0.2) is 14.5 Å². The zero-order valence-electron chi connectivity index (χ0n) is 19.6. The van der Waals surface area contributed by atoms with Crippen LogP contribution in [0.25, 0.3) is 41.2 Å². The van der Waals surface area contributed by atoms with Crippen LogP contribution in [0, 0.1) is 0 Å². The summed E-state index contributed by atoms with van der Waals surface area (Å²) in [6.07, 6.45) is 0. The second-order valence-corrected chi connectivity index (χ2v) is 11.2. The summed E-state index contributed by atoms with van der Waals surface area (Å²) in [6.45, 7) is 0. The van der Waals surface area contributed by atoms with Gasteiger partial charge in [-0.2, -0.15) is 0 Å². The molecule has 0 aliphatic heterocycles. The van der Waals surface area contributed by atoms with E-state index in [1.807, 2.05) is 0 Å².